The van der Waals surface area contributed by atoms with Crippen molar-refractivity contribution < 1.29 is 18.7 Å². The molecule has 6 nitrogen and oxygen atoms in total. The molecule has 0 aliphatic carbocycles. The fourth-order valence-corrected chi connectivity index (χ4v) is 4.35. The SMILES string of the molecule is CCNC(=NCC1(c2ccc(F)cc2)CCOCC1)N1CC(C)C(C(=O)OC)C1. The van der Waals surface area contributed by atoms with Gasteiger partial charge in [0.2, 0.25) is 0 Å². The van der Waals surface area contributed by atoms with Crippen molar-refractivity contribution in [2.75, 3.05) is 46.5 Å². The molecule has 0 bridgehead atoms. The Morgan fingerprint density at radius 2 is 2.00 bits per heavy atom. The van der Waals surface area contributed by atoms with Crippen LogP contribution in [0.25, 0.3) is 0 Å². The summed E-state index contributed by atoms with van der Waals surface area (Å²) in [6.45, 7) is 8.17. The van der Waals surface area contributed by atoms with Gasteiger partial charge in [0, 0.05) is 38.3 Å². The highest BCUT2D eigenvalue weighted by Gasteiger charge is 2.38. The summed E-state index contributed by atoms with van der Waals surface area (Å²) in [7, 11) is 1.44. The third kappa shape index (κ3) is 4.89. The number of nitrogens with one attached hydrogen (secondary N) is 1. The number of aliphatic imine (C=N–C) groups is 1. The first-order valence-electron chi connectivity index (χ1n) is 10.4. The van der Waals surface area contributed by atoms with Gasteiger partial charge < -0.3 is 19.7 Å². The van der Waals surface area contributed by atoms with Crippen LogP contribution in [0.15, 0.2) is 29.3 Å². The molecule has 1 aromatic rings. The second-order valence-corrected chi connectivity index (χ2v) is 8.08. The van der Waals surface area contributed by atoms with Crippen LogP contribution < -0.4 is 5.32 Å². The van der Waals surface area contributed by atoms with E-state index in [0.717, 1.165) is 37.5 Å². The van der Waals surface area contributed by atoms with Crippen molar-refractivity contribution in [1.29, 1.82) is 0 Å². The lowest BCUT2D eigenvalue weighted by Gasteiger charge is -2.37. The number of halogens is 1. The van der Waals surface area contributed by atoms with E-state index in [1.807, 2.05) is 19.1 Å². The number of carbonyl (C=O) groups excluding carboxylic acids is 1. The van der Waals surface area contributed by atoms with Crippen molar-refractivity contribution in [2.24, 2.45) is 16.8 Å². The van der Waals surface area contributed by atoms with Gasteiger partial charge in [-0.3, -0.25) is 9.79 Å². The Kier molecular flexibility index (Phi) is 7.11. The van der Waals surface area contributed by atoms with E-state index >= 15 is 0 Å². The van der Waals surface area contributed by atoms with Crippen LogP contribution in [-0.4, -0.2) is 63.3 Å². The second kappa shape index (κ2) is 9.57. The van der Waals surface area contributed by atoms with Crippen LogP contribution in [0.4, 0.5) is 4.39 Å². The minimum absolute atomic E-state index is 0.141. The molecule has 7 heteroatoms. The molecule has 2 aliphatic heterocycles. The average Bonchev–Trinajstić information content (AvgIpc) is 3.13. The molecule has 3 rings (SSSR count). The number of hydrogen-bond acceptors (Lipinski definition) is 4. The van der Waals surface area contributed by atoms with Gasteiger partial charge in [-0.25, -0.2) is 4.39 Å². The van der Waals surface area contributed by atoms with Crippen LogP contribution >= 0.6 is 0 Å². The molecule has 2 unspecified atom stereocenters. The maximum absolute atomic E-state index is 13.5. The first-order valence-corrected chi connectivity index (χ1v) is 10.4. The number of esters is 1. The number of hydrogen-bond donors (Lipinski definition) is 1. The number of guanidine groups is 1. The molecule has 2 saturated heterocycles. The Morgan fingerprint density at radius 1 is 1.31 bits per heavy atom. The number of carbonyl (C=O) groups is 1. The number of methoxy groups -OCH3 is 1. The van der Waals surface area contributed by atoms with Crippen molar-refractivity contribution in [3.05, 3.63) is 35.6 Å². The van der Waals surface area contributed by atoms with Crippen LogP contribution in [0.3, 0.4) is 0 Å². The minimum atomic E-state index is -0.229. The van der Waals surface area contributed by atoms with Crippen molar-refractivity contribution in [3.8, 4) is 0 Å². The highest BCUT2D eigenvalue weighted by Crippen LogP contribution is 2.35. The van der Waals surface area contributed by atoms with Crippen LogP contribution in [0.5, 0.6) is 0 Å². The Hall–Kier alpha value is -2.15. The van der Waals surface area contributed by atoms with E-state index in [1.165, 1.54) is 19.2 Å². The summed E-state index contributed by atoms with van der Waals surface area (Å²) < 4.78 is 24.0. The van der Waals surface area contributed by atoms with Crippen LogP contribution in [0.2, 0.25) is 0 Å². The normalized spacial score (nSPS) is 24.4. The zero-order valence-corrected chi connectivity index (χ0v) is 17.6. The molecule has 0 radical (unpaired) electrons. The van der Waals surface area contributed by atoms with Crippen molar-refractivity contribution in [1.82, 2.24) is 10.2 Å². The Balaban J connectivity index is 1.82. The molecule has 160 valence electrons. The monoisotopic (exact) mass is 405 g/mol. The fourth-order valence-electron chi connectivity index (χ4n) is 4.35. The largest absolute Gasteiger partial charge is 0.469 e. The van der Waals surface area contributed by atoms with Gasteiger partial charge in [0.15, 0.2) is 5.96 Å². The predicted molar refractivity (Wildman–Crippen MR) is 110 cm³/mol. The van der Waals surface area contributed by atoms with Gasteiger partial charge in [-0.15, -0.1) is 0 Å². The molecule has 0 spiro atoms. The lowest BCUT2D eigenvalue weighted by molar-refractivity contribution is -0.145. The highest BCUT2D eigenvalue weighted by atomic mass is 19.1. The van der Waals surface area contributed by atoms with Gasteiger partial charge in [0.25, 0.3) is 0 Å². The summed E-state index contributed by atoms with van der Waals surface area (Å²) in [5, 5.41) is 3.37. The summed E-state index contributed by atoms with van der Waals surface area (Å²) in [5.41, 5.74) is 0.934. The van der Waals surface area contributed by atoms with Crippen molar-refractivity contribution in [2.45, 2.75) is 32.1 Å². The molecule has 2 heterocycles. The summed E-state index contributed by atoms with van der Waals surface area (Å²) in [5.74, 6) is 0.493. The van der Waals surface area contributed by atoms with E-state index in [2.05, 4.69) is 17.1 Å². The van der Waals surface area contributed by atoms with E-state index in [1.54, 1.807) is 0 Å². The first-order chi connectivity index (χ1) is 14.0. The van der Waals surface area contributed by atoms with E-state index < -0.39 is 0 Å². The van der Waals surface area contributed by atoms with Gasteiger partial charge >= 0.3 is 5.97 Å². The standard InChI is InChI=1S/C22H32FN3O3/c1-4-24-21(26-13-16(2)19(14-26)20(27)28-3)25-15-22(9-11-29-12-10-22)17-5-7-18(23)8-6-17/h5-8,16,19H,4,9-15H2,1-3H3,(H,24,25). The fraction of sp³-hybridized carbons (Fsp3) is 0.636. The van der Waals surface area contributed by atoms with Gasteiger partial charge in [-0.2, -0.15) is 0 Å². The molecule has 2 atom stereocenters. The topological polar surface area (TPSA) is 63.2 Å². The van der Waals surface area contributed by atoms with Gasteiger partial charge in [-0.05, 0) is 43.4 Å². The van der Waals surface area contributed by atoms with Crippen molar-refractivity contribution >= 4 is 11.9 Å². The Labute approximate surface area is 172 Å². The molecule has 0 aromatic heterocycles. The van der Waals surface area contributed by atoms with E-state index in [4.69, 9.17) is 14.5 Å². The molecular formula is C22H32FN3O3. The van der Waals surface area contributed by atoms with Crippen molar-refractivity contribution in [3.63, 3.8) is 0 Å². The number of benzene rings is 1. The minimum Gasteiger partial charge on any atom is -0.469 e. The molecule has 1 N–H and O–H groups in total. The summed E-state index contributed by atoms with van der Waals surface area (Å²) in [6, 6.07) is 6.78. The molecule has 1 aromatic carbocycles. The van der Waals surface area contributed by atoms with Gasteiger partial charge in [0.05, 0.1) is 19.6 Å². The van der Waals surface area contributed by atoms with E-state index in [-0.39, 0.29) is 29.0 Å². The molecule has 2 aliphatic rings. The lowest BCUT2D eigenvalue weighted by atomic mass is 9.74. The average molecular weight is 406 g/mol. The highest BCUT2D eigenvalue weighted by molar-refractivity contribution is 5.82. The Bertz CT molecular complexity index is 717. The number of rotatable bonds is 5. The number of nitrogens with zero attached hydrogens (tertiary/aromatic N) is 2. The first kappa shape index (κ1) is 21.6. The molecule has 0 amide bonds. The maximum atomic E-state index is 13.5. The second-order valence-electron chi connectivity index (χ2n) is 8.08. The molecular weight excluding hydrogens is 373 g/mol. The van der Waals surface area contributed by atoms with Crippen LogP contribution in [-0.2, 0) is 19.7 Å². The summed E-state index contributed by atoms with van der Waals surface area (Å²) in [6.07, 6.45) is 1.70. The summed E-state index contributed by atoms with van der Waals surface area (Å²) in [4.78, 5) is 19.2. The third-order valence-corrected chi connectivity index (χ3v) is 6.19. The van der Waals surface area contributed by atoms with Crippen LogP contribution in [0, 0.1) is 17.7 Å². The van der Waals surface area contributed by atoms with E-state index in [9.17, 15) is 9.18 Å². The molecule has 29 heavy (non-hydrogen) atoms. The smallest absolute Gasteiger partial charge is 0.310 e. The maximum Gasteiger partial charge on any atom is 0.310 e. The zero-order valence-electron chi connectivity index (χ0n) is 17.6. The van der Waals surface area contributed by atoms with Gasteiger partial charge in [0.1, 0.15) is 5.82 Å². The van der Waals surface area contributed by atoms with E-state index in [0.29, 0.717) is 26.3 Å². The number of ether oxygens (including phenoxy) is 2. The molecule has 0 saturated carbocycles. The van der Waals surface area contributed by atoms with Crippen LogP contribution in [0.1, 0.15) is 32.3 Å². The Morgan fingerprint density at radius 3 is 2.62 bits per heavy atom. The summed E-state index contributed by atoms with van der Waals surface area (Å²) >= 11 is 0. The predicted octanol–water partition coefficient (Wildman–Crippen LogP) is 2.58. The zero-order chi connectivity index (χ0) is 20.9. The molecule has 2 fully saturated rings. The quantitative estimate of drug-likeness (QED) is 0.464. The third-order valence-electron chi connectivity index (χ3n) is 6.19. The lowest BCUT2D eigenvalue weighted by Crippen LogP contribution is -2.43. The number of likely N-dealkylation sites (tertiary alicyclic amines) is 1. The van der Waals surface area contributed by atoms with Gasteiger partial charge in [-0.1, -0.05) is 19.1 Å².